The van der Waals surface area contributed by atoms with Crippen molar-refractivity contribution in [2.24, 2.45) is 5.14 Å². The summed E-state index contributed by atoms with van der Waals surface area (Å²) < 4.78 is 56.0. The fraction of sp³-hybridized carbons (Fsp3) is 0.0952. The molecule has 1 amide bonds. The molecule has 0 aliphatic carbocycles. The van der Waals surface area contributed by atoms with Gasteiger partial charge in [-0.1, -0.05) is 30.3 Å². The number of benzene rings is 3. The quantitative estimate of drug-likeness (QED) is 0.456. The number of sulfonamides is 2. The Bertz CT molecular complexity index is 1340. The summed E-state index contributed by atoms with van der Waals surface area (Å²) in [6.45, 7) is 1.22. The monoisotopic (exact) mass is 475 g/mol. The maximum Gasteiger partial charge on any atom is 0.262 e. The first-order chi connectivity index (χ1) is 15.1. The molecule has 0 heterocycles. The van der Waals surface area contributed by atoms with Crippen molar-refractivity contribution in [1.29, 1.82) is 0 Å². The lowest BCUT2D eigenvalue weighted by Crippen LogP contribution is -2.21. The van der Waals surface area contributed by atoms with Crippen LogP contribution in [0.5, 0.6) is 5.75 Å². The summed E-state index contributed by atoms with van der Waals surface area (Å²) in [5.74, 6) is -0.347. The topological polar surface area (TPSA) is 145 Å². The van der Waals surface area contributed by atoms with Crippen LogP contribution in [0.1, 0.15) is 5.56 Å². The van der Waals surface area contributed by atoms with E-state index in [0.717, 1.165) is 0 Å². The summed E-state index contributed by atoms with van der Waals surface area (Å²) in [6.07, 6.45) is 0. The molecule has 0 saturated carbocycles. The van der Waals surface area contributed by atoms with Gasteiger partial charge in [0.25, 0.3) is 15.9 Å². The average molecular weight is 476 g/mol. The molecule has 4 N–H and O–H groups in total. The van der Waals surface area contributed by atoms with Gasteiger partial charge in [0.2, 0.25) is 10.0 Å². The largest absolute Gasteiger partial charge is 0.482 e. The van der Waals surface area contributed by atoms with Gasteiger partial charge < -0.3 is 10.1 Å². The van der Waals surface area contributed by atoms with Gasteiger partial charge in [0.05, 0.1) is 15.5 Å². The summed E-state index contributed by atoms with van der Waals surface area (Å²) in [5, 5.41) is 7.71. The lowest BCUT2D eigenvalue weighted by atomic mass is 10.2. The van der Waals surface area contributed by atoms with Gasteiger partial charge >= 0.3 is 0 Å². The van der Waals surface area contributed by atoms with Crippen LogP contribution in [0, 0.1) is 6.92 Å². The SMILES string of the molecule is Cc1cc(S(N)(=O)=O)ccc1NC(=O)COc1ccccc1NS(=O)(=O)c1ccccc1. The van der Waals surface area contributed by atoms with E-state index in [0.29, 0.717) is 11.3 Å². The predicted molar refractivity (Wildman–Crippen MR) is 120 cm³/mol. The summed E-state index contributed by atoms with van der Waals surface area (Å²) in [4.78, 5) is 12.3. The minimum atomic E-state index is -3.85. The molecule has 11 heteroatoms. The average Bonchev–Trinajstić information content (AvgIpc) is 2.74. The van der Waals surface area contributed by atoms with E-state index in [1.165, 1.54) is 42.5 Å². The number of primary sulfonamides is 1. The molecule has 0 fully saturated rings. The lowest BCUT2D eigenvalue weighted by molar-refractivity contribution is -0.118. The molecule has 3 rings (SSSR count). The molecule has 0 aliphatic heterocycles. The van der Waals surface area contributed by atoms with E-state index >= 15 is 0 Å². The minimum absolute atomic E-state index is 0.0659. The van der Waals surface area contributed by atoms with Gasteiger partial charge in [0.1, 0.15) is 5.75 Å². The highest BCUT2D eigenvalue weighted by Gasteiger charge is 2.17. The van der Waals surface area contributed by atoms with Crippen molar-refractivity contribution in [3.63, 3.8) is 0 Å². The molecule has 168 valence electrons. The van der Waals surface area contributed by atoms with Crippen molar-refractivity contribution in [1.82, 2.24) is 0 Å². The second-order valence-electron chi connectivity index (χ2n) is 6.77. The Morgan fingerprint density at radius 2 is 1.53 bits per heavy atom. The summed E-state index contributed by atoms with van der Waals surface area (Å²) in [7, 11) is -7.68. The zero-order valence-electron chi connectivity index (χ0n) is 17.0. The number of ether oxygens (including phenoxy) is 1. The van der Waals surface area contributed by atoms with Crippen LogP contribution >= 0.6 is 0 Å². The lowest BCUT2D eigenvalue weighted by Gasteiger charge is -2.14. The summed E-state index contributed by atoms with van der Waals surface area (Å²) in [6, 6.07) is 18.2. The van der Waals surface area contributed by atoms with Gasteiger partial charge in [-0.25, -0.2) is 22.0 Å². The molecule has 0 aliphatic rings. The fourth-order valence-electron chi connectivity index (χ4n) is 2.76. The fourth-order valence-corrected chi connectivity index (χ4v) is 4.45. The molecule has 3 aromatic rings. The number of hydrogen-bond donors (Lipinski definition) is 3. The number of aryl methyl sites for hydroxylation is 1. The van der Waals surface area contributed by atoms with Crippen LogP contribution in [0.25, 0.3) is 0 Å². The highest BCUT2D eigenvalue weighted by molar-refractivity contribution is 7.92. The van der Waals surface area contributed by atoms with Gasteiger partial charge in [-0.3, -0.25) is 9.52 Å². The van der Waals surface area contributed by atoms with Crippen molar-refractivity contribution >= 4 is 37.3 Å². The second kappa shape index (κ2) is 9.39. The van der Waals surface area contributed by atoms with E-state index in [9.17, 15) is 21.6 Å². The summed E-state index contributed by atoms with van der Waals surface area (Å²) in [5.41, 5.74) is 1.07. The minimum Gasteiger partial charge on any atom is -0.482 e. The molecule has 0 bridgehead atoms. The number of nitrogens with one attached hydrogen (secondary N) is 2. The molecule has 9 nitrogen and oxygen atoms in total. The number of carbonyl (C=O) groups excluding carboxylic acids is 1. The van der Waals surface area contributed by atoms with Crippen LogP contribution in [-0.4, -0.2) is 29.3 Å². The molecule has 0 saturated heterocycles. The number of hydrogen-bond acceptors (Lipinski definition) is 6. The molecule has 0 radical (unpaired) electrons. The second-order valence-corrected chi connectivity index (χ2v) is 10.0. The van der Waals surface area contributed by atoms with Crippen molar-refractivity contribution in [3.8, 4) is 5.75 Å². The van der Waals surface area contributed by atoms with Gasteiger partial charge in [0, 0.05) is 5.69 Å². The number of para-hydroxylation sites is 2. The van der Waals surface area contributed by atoms with Crippen LogP contribution in [0.3, 0.4) is 0 Å². The van der Waals surface area contributed by atoms with E-state index in [1.54, 1.807) is 37.3 Å². The van der Waals surface area contributed by atoms with Crippen LogP contribution < -0.4 is 19.9 Å². The van der Waals surface area contributed by atoms with E-state index in [-0.39, 0.29) is 21.2 Å². The molecule has 0 aromatic heterocycles. The maximum absolute atomic E-state index is 12.6. The standard InChI is InChI=1S/C21H21N3O6S2/c1-15-13-17(31(22,26)27)11-12-18(15)23-21(25)14-30-20-10-6-5-9-19(20)24-32(28,29)16-7-3-2-4-8-16/h2-13,24H,14H2,1H3,(H,23,25)(H2,22,26,27). The van der Waals surface area contributed by atoms with Crippen LogP contribution in [0.4, 0.5) is 11.4 Å². The highest BCUT2D eigenvalue weighted by atomic mass is 32.2. The van der Waals surface area contributed by atoms with Gasteiger partial charge in [-0.05, 0) is 55.0 Å². The van der Waals surface area contributed by atoms with Gasteiger partial charge in [-0.2, -0.15) is 0 Å². The predicted octanol–water partition coefficient (Wildman–Crippen LogP) is 2.46. The van der Waals surface area contributed by atoms with Crippen LogP contribution in [0.15, 0.2) is 82.6 Å². The number of rotatable bonds is 8. The van der Waals surface area contributed by atoms with Crippen molar-refractivity contribution in [2.45, 2.75) is 16.7 Å². The number of amides is 1. The Morgan fingerprint density at radius 3 is 2.19 bits per heavy atom. The Morgan fingerprint density at radius 1 is 0.875 bits per heavy atom. The highest BCUT2D eigenvalue weighted by Crippen LogP contribution is 2.27. The first-order valence-corrected chi connectivity index (χ1v) is 12.3. The first kappa shape index (κ1) is 23.3. The Balaban J connectivity index is 1.69. The van der Waals surface area contributed by atoms with Crippen LogP contribution in [-0.2, 0) is 24.8 Å². The molecular formula is C21H21N3O6S2. The zero-order valence-corrected chi connectivity index (χ0v) is 18.6. The maximum atomic E-state index is 12.6. The summed E-state index contributed by atoms with van der Waals surface area (Å²) >= 11 is 0. The number of carbonyl (C=O) groups is 1. The van der Waals surface area contributed by atoms with Gasteiger partial charge in [0.15, 0.2) is 6.61 Å². The molecule has 0 atom stereocenters. The van der Waals surface area contributed by atoms with E-state index in [1.807, 2.05) is 0 Å². The van der Waals surface area contributed by atoms with E-state index < -0.39 is 32.6 Å². The normalized spacial score (nSPS) is 11.6. The smallest absolute Gasteiger partial charge is 0.262 e. The Labute approximate surface area is 186 Å². The number of anilines is 2. The molecule has 0 unspecified atom stereocenters. The molecular weight excluding hydrogens is 454 g/mol. The Hall–Kier alpha value is -3.41. The third-order valence-corrected chi connectivity index (χ3v) is 6.64. The van der Waals surface area contributed by atoms with Gasteiger partial charge in [-0.15, -0.1) is 0 Å². The van der Waals surface area contributed by atoms with E-state index in [4.69, 9.17) is 9.88 Å². The zero-order chi connectivity index (χ0) is 23.4. The molecule has 32 heavy (non-hydrogen) atoms. The molecule has 0 spiro atoms. The van der Waals surface area contributed by atoms with E-state index in [2.05, 4.69) is 10.0 Å². The number of nitrogens with two attached hydrogens (primary N) is 1. The van der Waals surface area contributed by atoms with Crippen molar-refractivity contribution < 1.29 is 26.4 Å². The third kappa shape index (κ3) is 5.84. The van der Waals surface area contributed by atoms with Crippen molar-refractivity contribution in [3.05, 3.63) is 78.4 Å². The Kier molecular flexibility index (Phi) is 6.82. The first-order valence-electron chi connectivity index (χ1n) is 9.29. The molecule has 3 aromatic carbocycles. The van der Waals surface area contributed by atoms with Crippen LogP contribution in [0.2, 0.25) is 0 Å². The third-order valence-electron chi connectivity index (χ3n) is 4.34. The van der Waals surface area contributed by atoms with Crippen molar-refractivity contribution in [2.75, 3.05) is 16.6 Å².